The summed E-state index contributed by atoms with van der Waals surface area (Å²) in [6, 6.07) is 2.64. The molecule has 1 aromatic rings. The number of carbonyl (C=O) groups excluding carboxylic acids is 1. The van der Waals surface area contributed by atoms with Crippen LogP contribution < -0.4 is 5.73 Å². The summed E-state index contributed by atoms with van der Waals surface area (Å²) >= 11 is 2.96. The normalized spacial score (nSPS) is 14.2. The van der Waals surface area contributed by atoms with Crippen LogP contribution in [0.5, 0.6) is 0 Å². The number of ether oxygens (including phenoxy) is 1. The molecule has 0 saturated carbocycles. The predicted molar refractivity (Wildman–Crippen MR) is 62.6 cm³/mol. The van der Waals surface area contributed by atoms with Crippen molar-refractivity contribution in [3.8, 4) is 0 Å². The van der Waals surface area contributed by atoms with Crippen LogP contribution in [0.2, 0.25) is 0 Å². The second-order valence-corrected chi connectivity index (χ2v) is 4.21. The SMILES string of the molecule is CCOC(=O)C(F)[C@@H](N)c1ccc(F)c(Br)c1. The number of hydrogen-bond donors (Lipinski definition) is 1. The van der Waals surface area contributed by atoms with Crippen molar-refractivity contribution in [2.75, 3.05) is 6.61 Å². The van der Waals surface area contributed by atoms with E-state index in [1.54, 1.807) is 6.92 Å². The largest absolute Gasteiger partial charge is 0.464 e. The topological polar surface area (TPSA) is 52.3 Å². The van der Waals surface area contributed by atoms with E-state index in [0.717, 1.165) is 6.07 Å². The predicted octanol–water partition coefficient (Wildman–Crippen LogP) is 2.49. The molecule has 1 aromatic carbocycles. The van der Waals surface area contributed by atoms with Gasteiger partial charge in [0, 0.05) is 0 Å². The number of hydrogen-bond acceptors (Lipinski definition) is 3. The highest BCUT2D eigenvalue weighted by Crippen LogP contribution is 2.23. The molecule has 0 heterocycles. The molecule has 0 aliphatic rings. The van der Waals surface area contributed by atoms with E-state index in [-0.39, 0.29) is 11.1 Å². The highest BCUT2D eigenvalue weighted by molar-refractivity contribution is 9.10. The van der Waals surface area contributed by atoms with E-state index >= 15 is 0 Å². The zero-order chi connectivity index (χ0) is 13.0. The van der Waals surface area contributed by atoms with Crippen LogP contribution >= 0.6 is 15.9 Å². The van der Waals surface area contributed by atoms with Gasteiger partial charge in [-0.2, -0.15) is 0 Å². The highest BCUT2D eigenvalue weighted by Gasteiger charge is 2.28. The molecule has 94 valence electrons. The number of carbonyl (C=O) groups is 1. The van der Waals surface area contributed by atoms with Gasteiger partial charge in [0.15, 0.2) is 0 Å². The number of halogens is 3. The number of rotatable bonds is 4. The maximum absolute atomic E-state index is 13.6. The van der Waals surface area contributed by atoms with Crippen molar-refractivity contribution in [1.82, 2.24) is 0 Å². The number of benzene rings is 1. The van der Waals surface area contributed by atoms with Gasteiger partial charge in [0.05, 0.1) is 17.1 Å². The van der Waals surface area contributed by atoms with Crippen molar-refractivity contribution in [1.29, 1.82) is 0 Å². The molecule has 2 N–H and O–H groups in total. The fourth-order valence-corrected chi connectivity index (χ4v) is 1.65. The first kappa shape index (κ1) is 14.1. The maximum Gasteiger partial charge on any atom is 0.342 e. The summed E-state index contributed by atoms with van der Waals surface area (Å²) < 4.78 is 31.2. The van der Waals surface area contributed by atoms with Gasteiger partial charge in [0.25, 0.3) is 0 Å². The smallest absolute Gasteiger partial charge is 0.342 e. The molecule has 0 aromatic heterocycles. The summed E-state index contributed by atoms with van der Waals surface area (Å²) in [5.74, 6) is -1.49. The van der Waals surface area contributed by atoms with Crippen molar-refractivity contribution in [3.63, 3.8) is 0 Å². The molecule has 0 aliphatic carbocycles. The van der Waals surface area contributed by atoms with Gasteiger partial charge in [-0.05, 0) is 40.5 Å². The van der Waals surface area contributed by atoms with Crippen LogP contribution in [0.1, 0.15) is 18.5 Å². The Hall–Kier alpha value is -1.01. The molecule has 6 heteroatoms. The molecular weight excluding hydrogens is 296 g/mol. The van der Waals surface area contributed by atoms with Gasteiger partial charge in [-0.25, -0.2) is 13.6 Å². The third-order valence-electron chi connectivity index (χ3n) is 2.16. The first-order chi connectivity index (χ1) is 7.97. The Morgan fingerprint density at radius 3 is 2.76 bits per heavy atom. The molecule has 3 nitrogen and oxygen atoms in total. The summed E-state index contributed by atoms with van der Waals surface area (Å²) in [6.07, 6.45) is -1.97. The molecule has 0 radical (unpaired) electrons. The average molecular weight is 308 g/mol. The second kappa shape index (κ2) is 6.07. The van der Waals surface area contributed by atoms with Gasteiger partial charge < -0.3 is 10.5 Å². The Morgan fingerprint density at radius 1 is 1.59 bits per heavy atom. The molecule has 0 spiro atoms. The lowest BCUT2D eigenvalue weighted by molar-refractivity contribution is -0.149. The molecule has 0 aliphatic heterocycles. The number of esters is 1. The third kappa shape index (κ3) is 3.47. The summed E-state index contributed by atoms with van der Waals surface area (Å²) in [7, 11) is 0. The van der Waals surface area contributed by atoms with Gasteiger partial charge in [0.2, 0.25) is 6.17 Å². The lowest BCUT2D eigenvalue weighted by atomic mass is 10.0. The van der Waals surface area contributed by atoms with Crippen LogP contribution in [0.3, 0.4) is 0 Å². The third-order valence-corrected chi connectivity index (χ3v) is 2.76. The molecule has 0 saturated heterocycles. The van der Waals surface area contributed by atoms with Gasteiger partial charge >= 0.3 is 5.97 Å². The molecular formula is C11H12BrF2NO2. The fraction of sp³-hybridized carbons (Fsp3) is 0.364. The highest BCUT2D eigenvalue weighted by atomic mass is 79.9. The van der Waals surface area contributed by atoms with E-state index in [2.05, 4.69) is 20.7 Å². The zero-order valence-corrected chi connectivity index (χ0v) is 10.7. The number of alkyl halides is 1. The summed E-state index contributed by atoms with van der Waals surface area (Å²) in [4.78, 5) is 11.1. The Bertz CT molecular complexity index is 414. The molecule has 2 atom stereocenters. The summed E-state index contributed by atoms with van der Waals surface area (Å²) in [5.41, 5.74) is 5.89. The Balaban J connectivity index is 2.84. The van der Waals surface area contributed by atoms with Crippen LogP contribution in [0.4, 0.5) is 8.78 Å². The molecule has 0 fully saturated rings. The maximum atomic E-state index is 13.6. The molecule has 1 rings (SSSR count). The average Bonchev–Trinajstić information content (AvgIpc) is 2.31. The second-order valence-electron chi connectivity index (χ2n) is 3.35. The van der Waals surface area contributed by atoms with Gasteiger partial charge in [-0.3, -0.25) is 0 Å². The van der Waals surface area contributed by atoms with E-state index in [4.69, 9.17) is 5.73 Å². The van der Waals surface area contributed by atoms with E-state index in [1.807, 2.05) is 0 Å². The number of nitrogens with two attached hydrogens (primary N) is 1. The monoisotopic (exact) mass is 307 g/mol. The summed E-state index contributed by atoms with van der Waals surface area (Å²) in [6.45, 7) is 1.66. The summed E-state index contributed by atoms with van der Waals surface area (Å²) in [5, 5.41) is 0. The van der Waals surface area contributed by atoms with Crippen molar-refractivity contribution >= 4 is 21.9 Å². The first-order valence-corrected chi connectivity index (χ1v) is 5.78. The van der Waals surface area contributed by atoms with E-state index < -0.39 is 24.0 Å². The van der Waals surface area contributed by atoms with Gasteiger partial charge in [-0.15, -0.1) is 0 Å². The van der Waals surface area contributed by atoms with Gasteiger partial charge in [0.1, 0.15) is 5.82 Å². The molecule has 0 amide bonds. The minimum atomic E-state index is -1.97. The first-order valence-electron chi connectivity index (χ1n) is 4.98. The minimum absolute atomic E-state index is 0.0824. The fourth-order valence-electron chi connectivity index (χ4n) is 1.26. The lowest BCUT2D eigenvalue weighted by Crippen LogP contribution is -2.31. The van der Waals surface area contributed by atoms with E-state index in [9.17, 15) is 13.6 Å². The Kier molecular flexibility index (Phi) is 5.02. The van der Waals surface area contributed by atoms with Crippen LogP contribution in [-0.4, -0.2) is 18.7 Å². The van der Waals surface area contributed by atoms with Crippen molar-refractivity contribution in [2.24, 2.45) is 5.73 Å². The van der Waals surface area contributed by atoms with Crippen LogP contribution in [-0.2, 0) is 9.53 Å². The Labute approximate surface area is 106 Å². The quantitative estimate of drug-likeness (QED) is 0.870. The van der Waals surface area contributed by atoms with E-state index in [1.165, 1.54) is 12.1 Å². The van der Waals surface area contributed by atoms with Crippen molar-refractivity contribution in [2.45, 2.75) is 19.1 Å². The van der Waals surface area contributed by atoms with Crippen LogP contribution in [0.25, 0.3) is 0 Å². The van der Waals surface area contributed by atoms with Crippen LogP contribution in [0.15, 0.2) is 22.7 Å². The van der Waals surface area contributed by atoms with E-state index in [0.29, 0.717) is 5.56 Å². The molecule has 1 unspecified atom stereocenters. The van der Waals surface area contributed by atoms with Crippen LogP contribution in [0, 0.1) is 5.82 Å². The lowest BCUT2D eigenvalue weighted by Gasteiger charge is -2.16. The van der Waals surface area contributed by atoms with Crippen molar-refractivity contribution in [3.05, 3.63) is 34.1 Å². The zero-order valence-electron chi connectivity index (χ0n) is 9.12. The molecule has 17 heavy (non-hydrogen) atoms. The van der Waals surface area contributed by atoms with Crippen molar-refractivity contribution < 1.29 is 18.3 Å². The van der Waals surface area contributed by atoms with Gasteiger partial charge in [-0.1, -0.05) is 6.07 Å². The standard InChI is InChI=1S/C11H12BrF2NO2/c1-2-17-11(16)9(14)10(15)6-3-4-8(13)7(12)5-6/h3-5,9-10H,2,15H2,1H3/t9?,10-/m0/s1. The minimum Gasteiger partial charge on any atom is -0.464 e. The molecule has 0 bridgehead atoms. The Morgan fingerprint density at radius 2 is 2.24 bits per heavy atom.